The van der Waals surface area contributed by atoms with Gasteiger partial charge in [-0.3, -0.25) is 0 Å². The van der Waals surface area contributed by atoms with Crippen LogP contribution in [0.4, 0.5) is 0 Å². The summed E-state index contributed by atoms with van der Waals surface area (Å²) in [5.41, 5.74) is 1.97. The molecule has 1 rings (SSSR count). The zero-order chi connectivity index (χ0) is 10.6. The Morgan fingerprint density at radius 1 is 1.50 bits per heavy atom. The number of hydrogen-bond donors (Lipinski definition) is 2. The average Bonchev–Trinajstić information content (AvgIpc) is 2.19. The Hall–Kier alpha value is -0.710. The molecular formula is C10H15NO2S. The Morgan fingerprint density at radius 2 is 2.21 bits per heavy atom. The van der Waals surface area contributed by atoms with Gasteiger partial charge in [-0.2, -0.15) is 0 Å². The molecule has 3 N–H and O–H groups in total. The van der Waals surface area contributed by atoms with Gasteiger partial charge in [-0.15, -0.1) is 11.8 Å². The summed E-state index contributed by atoms with van der Waals surface area (Å²) in [6, 6.07) is 3.76. The first-order chi connectivity index (χ1) is 6.69. The highest BCUT2D eigenvalue weighted by atomic mass is 32.2. The SMILES string of the molecule is CSc1cc(C)c(O)cc1CCON. The van der Waals surface area contributed by atoms with Gasteiger partial charge in [-0.25, -0.2) is 5.90 Å². The molecule has 3 nitrogen and oxygen atoms in total. The standard InChI is InChI=1S/C10H15NO2S/c1-7-5-10(14-2)8(3-4-13-11)6-9(7)12/h5-6,12H,3-4,11H2,1-2H3. The highest BCUT2D eigenvalue weighted by Gasteiger charge is 2.05. The van der Waals surface area contributed by atoms with Crippen molar-refractivity contribution in [1.82, 2.24) is 0 Å². The second-order valence-electron chi connectivity index (χ2n) is 3.07. The van der Waals surface area contributed by atoms with Gasteiger partial charge in [0.05, 0.1) is 6.61 Å². The quantitative estimate of drug-likeness (QED) is 0.592. The highest BCUT2D eigenvalue weighted by Crippen LogP contribution is 2.28. The Labute approximate surface area is 88.2 Å². The minimum Gasteiger partial charge on any atom is -0.508 e. The normalized spacial score (nSPS) is 10.5. The monoisotopic (exact) mass is 213 g/mol. The maximum atomic E-state index is 9.54. The van der Waals surface area contributed by atoms with E-state index in [-0.39, 0.29) is 0 Å². The van der Waals surface area contributed by atoms with Gasteiger partial charge in [-0.05, 0) is 42.9 Å². The first-order valence-corrected chi connectivity index (χ1v) is 5.59. The molecule has 0 fully saturated rings. The van der Waals surface area contributed by atoms with Gasteiger partial charge in [0, 0.05) is 4.90 Å². The molecule has 1 aromatic rings. The minimum atomic E-state index is 0.329. The second-order valence-corrected chi connectivity index (χ2v) is 3.92. The van der Waals surface area contributed by atoms with E-state index in [9.17, 15) is 5.11 Å². The second kappa shape index (κ2) is 5.24. The zero-order valence-corrected chi connectivity index (χ0v) is 9.23. The van der Waals surface area contributed by atoms with E-state index < -0.39 is 0 Å². The van der Waals surface area contributed by atoms with Gasteiger partial charge in [-0.1, -0.05) is 0 Å². The van der Waals surface area contributed by atoms with Crippen LogP contribution in [0.15, 0.2) is 17.0 Å². The molecule has 0 spiro atoms. The van der Waals surface area contributed by atoms with E-state index in [1.165, 1.54) is 0 Å². The minimum absolute atomic E-state index is 0.329. The number of aryl methyl sites for hydroxylation is 1. The van der Waals surface area contributed by atoms with Crippen LogP contribution in [0.5, 0.6) is 5.75 Å². The summed E-state index contributed by atoms with van der Waals surface area (Å²) < 4.78 is 0. The molecule has 0 radical (unpaired) electrons. The van der Waals surface area contributed by atoms with Crippen molar-refractivity contribution in [3.8, 4) is 5.75 Å². The molecule has 0 unspecified atom stereocenters. The first-order valence-electron chi connectivity index (χ1n) is 4.37. The van der Waals surface area contributed by atoms with E-state index in [4.69, 9.17) is 5.90 Å². The van der Waals surface area contributed by atoms with Crippen LogP contribution in [0.2, 0.25) is 0 Å². The lowest BCUT2D eigenvalue weighted by atomic mass is 10.1. The third-order valence-electron chi connectivity index (χ3n) is 2.09. The Balaban J connectivity index is 2.95. The van der Waals surface area contributed by atoms with Crippen LogP contribution in [0.3, 0.4) is 0 Å². The summed E-state index contributed by atoms with van der Waals surface area (Å²) in [7, 11) is 0. The molecule has 14 heavy (non-hydrogen) atoms. The first kappa shape index (κ1) is 11.4. The molecule has 0 heterocycles. The van der Waals surface area contributed by atoms with Crippen molar-refractivity contribution < 1.29 is 9.94 Å². The Bertz CT molecular complexity index is 315. The van der Waals surface area contributed by atoms with Crippen molar-refractivity contribution in [2.75, 3.05) is 12.9 Å². The lowest BCUT2D eigenvalue weighted by Crippen LogP contribution is -2.04. The maximum absolute atomic E-state index is 9.54. The number of phenols is 1. The molecule has 0 aliphatic carbocycles. The molecule has 0 saturated heterocycles. The van der Waals surface area contributed by atoms with Crippen LogP contribution in [-0.4, -0.2) is 18.0 Å². The van der Waals surface area contributed by atoms with E-state index in [1.807, 2.05) is 19.2 Å². The molecule has 4 heteroatoms. The maximum Gasteiger partial charge on any atom is 0.118 e. The van der Waals surface area contributed by atoms with Gasteiger partial charge in [0.2, 0.25) is 0 Å². The van der Waals surface area contributed by atoms with Crippen LogP contribution in [0.25, 0.3) is 0 Å². The van der Waals surface area contributed by atoms with Crippen molar-refractivity contribution in [3.05, 3.63) is 23.3 Å². The number of rotatable bonds is 4. The summed E-state index contributed by atoms with van der Waals surface area (Å²) in [6.45, 7) is 2.36. The predicted molar refractivity (Wildman–Crippen MR) is 58.5 cm³/mol. The van der Waals surface area contributed by atoms with Gasteiger partial charge < -0.3 is 9.94 Å². The number of aromatic hydroxyl groups is 1. The van der Waals surface area contributed by atoms with E-state index >= 15 is 0 Å². The fraction of sp³-hybridized carbons (Fsp3) is 0.400. The summed E-state index contributed by atoms with van der Waals surface area (Å²) in [5, 5.41) is 9.54. The molecule has 78 valence electrons. The number of nitrogens with two attached hydrogens (primary N) is 1. The Kier molecular flexibility index (Phi) is 4.25. The van der Waals surface area contributed by atoms with E-state index in [0.29, 0.717) is 12.4 Å². The van der Waals surface area contributed by atoms with Crippen molar-refractivity contribution in [2.45, 2.75) is 18.2 Å². The van der Waals surface area contributed by atoms with Crippen LogP contribution in [0, 0.1) is 6.92 Å². The van der Waals surface area contributed by atoms with Gasteiger partial charge >= 0.3 is 0 Å². The lowest BCUT2D eigenvalue weighted by molar-refractivity contribution is 0.141. The molecule has 0 aromatic heterocycles. The smallest absolute Gasteiger partial charge is 0.118 e. The van der Waals surface area contributed by atoms with Crippen LogP contribution >= 0.6 is 11.8 Å². The molecule has 0 atom stereocenters. The number of phenolic OH excluding ortho intramolecular Hbond substituents is 1. The highest BCUT2D eigenvalue weighted by molar-refractivity contribution is 7.98. The largest absolute Gasteiger partial charge is 0.508 e. The molecule has 1 aromatic carbocycles. The fourth-order valence-corrected chi connectivity index (χ4v) is 1.99. The number of thioether (sulfide) groups is 1. The van der Waals surface area contributed by atoms with E-state index in [0.717, 1.165) is 22.4 Å². The third-order valence-corrected chi connectivity index (χ3v) is 2.91. The summed E-state index contributed by atoms with van der Waals surface area (Å²) in [6.07, 6.45) is 2.74. The van der Waals surface area contributed by atoms with E-state index in [1.54, 1.807) is 17.8 Å². The molecule has 0 aliphatic rings. The van der Waals surface area contributed by atoms with Crippen LogP contribution < -0.4 is 5.90 Å². The summed E-state index contributed by atoms with van der Waals surface area (Å²) in [4.78, 5) is 5.69. The zero-order valence-electron chi connectivity index (χ0n) is 8.41. The van der Waals surface area contributed by atoms with E-state index in [2.05, 4.69) is 4.84 Å². The fourth-order valence-electron chi connectivity index (χ4n) is 1.27. The topological polar surface area (TPSA) is 55.5 Å². The van der Waals surface area contributed by atoms with Crippen molar-refractivity contribution in [1.29, 1.82) is 0 Å². The number of hydrogen-bond acceptors (Lipinski definition) is 4. The summed E-state index contributed by atoms with van der Waals surface area (Å²) >= 11 is 1.66. The van der Waals surface area contributed by atoms with Crippen molar-refractivity contribution in [3.63, 3.8) is 0 Å². The third kappa shape index (κ3) is 2.64. The van der Waals surface area contributed by atoms with Crippen molar-refractivity contribution >= 4 is 11.8 Å². The number of benzene rings is 1. The van der Waals surface area contributed by atoms with Crippen LogP contribution in [-0.2, 0) is 11.3 Å². The molecule has 0 aliphatic heterocycles. The van der Waals surface area contributed by atoms with Gasteiger partial charge in [0.1, 0.15) is 5.75 Å². The predicted octanol–water partition coefficient (Wildman–Crippen LogP) is 1.86. The van der Waals surface area contributed by atoms with Gasteiger partial charge in [0.25, 0.3) is 0 Å². The molecular weight excluding hydrogens is 198 g/mol. The lowest BCUT2D eigenvalue weighted by Gasteiger charge is -2.09. The average molecular weight is 213 g/mol. The van der Waals surface area contributed by atoms with Crippen LogP contribution in [0.1, 0.15) is 11.1 Å². The molecule has 0 saturated carbocycles. The Morgan fingerprint density at radius 3 is 2.79 bits per heavy atom. The van der Waals surface area contributed by atoms with Crippen molar-refractivity contribution in [2.24, 2.45) is 5.90 Å². The molecule has 0 amide bonds. The molecule has 0 bridgehead atoms. The van der Waals surface area contributed by atoms with Gasteiger partial charge in [0.15, 0.2) is 0 Å². The summed E-state index contributed by atoms with van der Waals surface area (Å²) in [5.74, 6) is 5.30.